The average Bonchev–Trinajstić information content (AvgIpc) is 3.02. The lowest BCUT2D eigenvalue weighted by molar-refractivity contribution is -0.129. The topological polar surface area (TPSA) is 71.0 Å². The number of carbonyl (C=O) groups is 2. The highest BCUT2D eigenvalue weighted by atomic mass is 35.5. The third kappa shape index (κ3) is 5.52. The molecule has 152 valence electrons. The molecular formula is C21H22ClN3O3S. The van der Waals surface area contributed by atoms with E-state index < -0.39 is 5.25 Å². The van der Waals surface area contributed by atoms with Crippen LogP contribution in [0.3, 0.4) is 0 Å². The van der Waals surface area contributed by atoms with Gasteiger partial charge in [-0.2, -0.15) is 0 Å². The summed E-state index contributed by atoms with van der Waals surface area (Å²) in [6.45, 7) is 0.479. The number of ether oxygens (including phenoxy) is 1. The maximum atomic E-state index is 12.9. The number of hydrogen-bond donors (Lipinski definition) is 1. The van der Waals surface area contributed by atoms with Crippen LogP contribution in [0.4, 0.5) is 5.69 Å². The molecule has 2 amide bonds. The molecule has 1 saturated heterocycles. The Morgan fingerprint density at radius 3 is 2.52 bits per heavy atom. The van der Waals surface area contributed by atoms with Crippen molar-refractivity contribution < 1.29 is 14.3 Å². The van der Waals surface area contributed by atoms with Gasteiger partial charge in [-0.3, -0.25) is 14.5 Å². The van der Waals surface area contributed by atoms with Crippen molar-refractivity contribution in [3.8, 4) is 5.75 Å². The fourth-order valence-corrected chi connectivity index (χ4v) is 4.17. The smallest absolute Gasteiger partial charge is 0.242 e. The number of nitrogens with one attached hydrogen (secondary N) is 1. The minimum atomic E-state index is -0.475. The number of nitrogens with zero attached hydrogens (tertiary/aromatic N) is 2. The van der Waals surface area contributed by atoms with Crippen LogP contribution in [-0.4, -0.2) is 47.8 Å². The molecule has 0 radical (unpaired) electrons. The van der Waals surface area contributed by atoms with Crippen LogP contribution in [0, 0.1) is 0 Å². The Bertz CT molecular complexity index is 900. The minimum absolute atomic E-state index is 0.0974. The molecule has 1 aliphatic rings. The summed E-state index contributed by atoms with van der Waals surface area (Å²) in [4.78, 5) is 31.1. The highest BCUT2D eigenvalue weighted by Crippen LogP contribution is 2.32. The largest absolute Gasteiger partial charge is 0.497 e. The van der Waals surface area contributed by atoms with Crippen molar-refractivity contribution in [1.82, 2.24) is 10.2 Å². The lowest BCUT2D eigenvalue weighted by Crippen LogP contribution is -2.35. The van der Waals surface area contributed by atoms with E-state index in [2.05, 4.69) is 10.3 Å². The van der Waals surface area contributed by atoms with E-state index in [-0.39, 0.29) is 18.2 Å². The van der Waals surface area contributed by atoms with Gasteiger partial charge in [0.2, 0.25) is 11.8 Å². The molecule has 0 bridgehead atoms. The second-order valence-corrected chi connectivity index (χ2v) is 8.05. The number of carbonyl (C=O) groups excluding carboxylic acids is 2. The zero-order chi connectivity index (χ0) is 20.8. The molecule has 1 fully saturated rings. The van der Waals surface area contributed by atoms with Crippen LogP contribution in [0.1, 0.15) is 12.0 Å². The number of amidine groups is 1. The van der Waals surface area contributed by atoms with Gasteiger partial charge in [-0.05, 0) is 48.4 Å². The summed E-state index contributed by atoms with van der Waals surface area (Å²) in [5, 5.41) is 3.38. The summed E-state index contributed by atoms with van der Waals surface area (Å²) in [6.07, 6.45) is 0.789. The molecule has 1 atom stereocenters. The van der Waals surface area contributed by atoms with Crippen molar-refractivity contribution in [2.45, 2.75) is 18.1 Å². The quantitative estimate of drug-likeness (QED) is 0.726. The van der Waals surface area contributed by atoms with E-state index in [1.165, 1.54) is 11.8 Å². The lowest BCUT2D eigenvalue weighted by atomic mass is 10.1. The molecule has 8 heteroatoms. The van der Waals surface area contributed by atoms with E-state index in [4.69, 9.17) is 16.3 Å². The van der Waals surface area contributed by atoms with Crippen LogP contribution >= 0.6 is 23.4 Å². The fourth-order valence-electron chi connectivity index (χ4n) is 2.86. The zero-order valence-electron chi connectivity index (χ0n) is 16.2. The predicted molar refractivity (Wildman–Crippen MR) is 117 cm³/mol. The van der Waals surface area contributed by atoms with Crippen molar-refractivity contribution in [2.75, 3.05) is 20.7 Å². The van der Waals surface area contributed by atoms with Gasteiger partial charge >= 0.3 is 0 Å². The van der Waals surface area contributed by atoms with Crippen LogP contribution in [0.2, 0.25) is 5.02 Å². The molecular weight excluding hydrogens is 410 g/mol. The summed E-state index contributed by atoms with van der Waals surface area (Å²) in [6, 6.07) is 14.9. The summed E-state index contributed by atoms with van der Waals surface area (Å²) >= 11 is 7.27. The van der Waals surface area contributed by atoms with Crippen molar-refractivity contribution in [1.29, 1.82) is 0 Å². The Balaban J connectivity index is 1.80. The summed E-state index contributed by atoms with van der Waals surface area (Å²) < 4.78 is 5.17. The van der Waals surface area contributed by atoms with Crippen molar-refractivity contribution in [2.24, 2.45) is 4.99 Å². The van der Waals surface area contributed by atoms with E-state index in [0.29, 0.717) is 23.2 Å². The fraction of sp³-hybridized carbons (Fsp3) is 0.286. The molecule has 29 heavy (non-hydrogen) atoms. The van der Waals surface area contributed by atoms with Crippen LogP contribution in [0.15, 0.2) is 53.5 Å². The van der Waals surface area contributed by atoms with Gasteiger partial charge in [0.05, 0.1) is 12.8 Å². The Labute approximate surface area is 179 Å². The average molecular weight is 432 g/mol. The van der Waals surface area contributed by atoms with Crippen LogP contribution in [-0.2, 0) is 16.0 Å². The molecule has 6 nitrogen and oxygen atoms in total. The van der Waals surface area contributed by atoms with E-state index in [0.717, 1.165) is 17.0 Å². The van der Waals surface area contributed by atoms with Crippen molar-refractivity contribution in [3.05, 3.63) is 59.1 Å². The van der Waals surface area contributed by atoms with Crippen LogP contribution in [0.5, 0.6) is 5.75 Å². The number of benzene rings is 2. The third-order valence-electron chi connectivity index (χ3n) is 4.50. The molecule has 1 N–H and O–H groups in total. The number of rotatable bonds is 7. The van der Waals surface area contributed by atoms with Gasteiger partial charge in [0.25, 0.3) is 0 Å². The first-order valence-corrected chi connectivity index (χ1v) is 10.4. The van der Waals surface area contributed by atoms with E-state index in [1.807, 2.05) is 48.5 Å². The monoisotopic (exact) mass is 431 g/mol. The second-order valence-electron chi connectivity index (χ2n) is 6.44. The predicted octanol–water partition coefficient (Wildman–Crippen LogP) is 3.66. The van der Waals surface area contributed by atoms with E-state index in [1.54, 1.807) is 19.1 Å². The molecule has 0 spiro atoms. The first kappa shape index (κ1) is 21.2. The molecule has 1 heterocycles. The molecule has 2 aromatic rings. The lowest BCUT2D eigenvalue weighted by Gasteiger charge is -2.16. The molecule has 1 unspecified atom stereocenters. The molecule has 1 aliphatic heterocycles. The molecule has 2 aromatic carbocycles. The van der Waals surface area contributed by atoms with Gasteiger partial charge in [-0.1, -0.05) is 35.5 Å². The first-order valence-electron chi connectivity index (χ1n) is 9.16. The van der Waals surface area contributed by atoms with Gasteiger partial charge in [0.1, 0.15) is 11.0 Å². The second kappa shape index (κ2) is 9.80. The SMILES string of the molecule is CNC(=O)CC1SC(=Nc2ccc(OC)cc2)N(CCc2ccc(Cl)cc2)C1=O. The summed E-state index contributed by atoms with van der Waals surface area (Å²) in [5.41, 5.74) is 1.80. The van der Waals surface area contributed by atoms with Gasteiger partial charge < -0.3 is 10.1 Å². The van der Waals surface area contributed by atoms with Gasteiger partial charge in [-0.15, -0.1) is 0 Å². The number of amides is 2. The number of halogens is 1. The summed E-state index contributed by atoms with van der Waals surface area (Å²) in [5.74, 6) is 0.472. The van der Waals surface area contributed by atoms with Crippen molar-refractivity contribution >= 4 is 46.0 Å². The maximum Gasteiger partial charge on any atom is 0.242 e. The number of methoxy groups -OCH3 is 1. The standard InChI is InChI=1S/C21H22ClN3O3S/c1-23-19(26)13-18-20(27)25(12-11-14-3-5-15(22)6-4-14)21(29-18)24-16-7-9-17(28-2)10-8-16/h3-10,18H,11-13H2,1-2H3,(H,23,26). The zero-order valence-corrected chi connectivity index (χ0v) is 17.8. The molecule has 0 aromatic heterocycles. The van der Waals surface area contributed by atoms with Crippen molar-refractivity contribution in [3.63, 3.8) is 0 Å². The van der Waals surface area contributed by atoms with Gasteiger partial charge in [0, 0.05) is 25.0 Å². The highest BCUT2D eigenvalue weighted by molar-refractivity contribution is 8.15. The first-order chi connectivity index (χ1) is 14.0. The number of thioether (sulfide) groups is 1. The Kier molecular flexibility index (Phi) is 7.17. The van der Waals surface area contributed by atoms with Gasteiger partial charge in [-0.25, -0.2) is 4.99 Å². The normalized spacial score (nSPS) is 17.6. The van der Waals surface area contributed by atoms with Gasteiger partial charge in [0.15, 0.2) is 5.17 Å². The molecule has 0 saturated carbocycles. The third-order valence-corrected chi connectivity index (χ3v) is 5.93. The maximum absolute atomic E-state index is 12.9. The number of hydrogen-bond acceptors (Lipinski definition) is 5. The highest BCUT2D eigenvalue weighted by Gasteiger charge is 2.38. The Hall–Kier alpha value is -2.51. The van der Waals surface area contributed by atoms with E-state index in [9.17, 15) is 9.59 Å². The molecule has 0 aliphatic carbocycles. The molecule has 3 rings (SSSR count). The number of aliphatic imine (C=N–C) groups is 1. The van der Waals surface area contributed by atoms with E-state index >= 15 is 0 Å². The minimum Gasteiger partial charge on any atom is -0.497 e. The van der Waals surface area contributed by atoms with Crippen LogP contribution in [0.25, 0.3) is 0 Å². The Morgan fingerprint density at radius 1 is 1.21 bits per heavy atom. The Morgan fingerprint density at radius 2 is 1.90 bits per heavy atom. The summed E-state index contributed by atoms with van der Waals surface area (Å²) in [7, 11) is 3.17. The van der Waals surface area contributed by atoms with Crippen LogP contribution < -0.4 is 10.1 Å².